The minimum absolute atomic E-state index is 0.00229. The van der Waals surface area contributed by atoms with E-state index in [-0.39, 0.29) is 6.04 Å². The van der Waals surface area contributed by atoms with E-state index in [1.54, 1.807) is 0 Å². The summed E-state index contributed by atoms with van der Waals surface area (Å²) < 4.78 is 0. The number of hydrogen-bond donors (Lipinski definition) is 2. The topological polar surface area (TPSA) is 35.5 Å². The lowest BCUT2D eigenvalue weighted by molar-refractivity contribution is 0.0390. The van der Waals surface area contributed by atoms with E-state index >= 15 is 0 Å². The van der Waals surface area contributed by atoms with Crippen LogP contribution in [0.2, 0.25) is 0 Å². The van der Waals surface area contributed by atoms with E-state index in [9.17, 15) is 5.11 Å². The molecule has 0 heterocycles. The molecule has 0 amide bonds. The SMILES string of the molecule is CC(C)CNC[C@H](O)[C@H](Cc1ccccc1)N(Cc1ccccc1)Cc1ccccc1. The van der Waals surface area contributed by atoms with Crippen molar-refractivity contribution in [3.8, 4) is 0 Å². The van der Waals surface area contributed by atoms with Gasteiger partial charge in [0.05, 0.1) is 6.10 Å². The molecule has 2 N–H and O–H groups in total. The predicted octanol–water partition coefficient (Wildman–Crippen LogP) is 4.91. The van der Waals surface area contributed by atoms with Crippen LogP contribution in [0.5, 0.6) is 0 Å². The van der Waals surface area contributed by atoms with Gasteiger partial charge in [-0.2, -0.15) is 0 Å². The van der Waals surface area contributed by atoms with Crippen molar-refractivity contribution in [3.63, 3.8) is 0 Å². The van der Waals surface area contributed by atoms with Crippen LogP contribution in [0.15, 0.2) is 91.0 Å². The lowest BCUT2D eigenvalue weighted by Gasteiger charge is -2.36. The van der Waals surface area contributed by atoms with Crippen LogP contribution >= 0.6 is 0 Å². The highest BCUT2D eigenvalue weighted by Crippen LogP contribution is 2.19. The highest BCUT2D eigenvalue weighted by Gasteiger charge is 2.27. The van der Waals surface area contributed by atoms with Crippen molar-refractivity contribution in [2.24, 2.45) is 5.92 Å². The third-order valence-electron chi connectivity index (χ3n) is 5.56. The highest BCUT2D eigenvalue weighted by atomic mass is 16.3. The Bertz CT molecular complexity index is 810. The van der Waals surface area contributed by atoms with Gasteiger partial charge in [-0.15, -0.1) is 0 Å². The lowest BCUT2D eigenvalue weighted by Crippen LogP contribution is -2.48. The Morgan fingerprint density at radius 2 is 1.13 bits per heavy atom. The number of hydrogen-bond acceptors (Lipinski definition) is 3. The molecule has 3 aromatic rings. The summed E-state index contributed by atoms with van der Waals surface area (Å²) >= 11 is 0. The molecule has 0 aliphatic rings. The summed E-state index contributed by atoms with van der Waals surface area (Å²) in [7, 11) is 0. The first-order valence-corrected chi connectivity index (χ1v) is 11.4. The van der Waals surface area contributed by atoms with E-state index in [1.807, 2.05) is 6.07 Å². The largest absolute Gasteiger partial charge is 0.390 e. The van der Waals surface area contributed by atoms with Crippen molar-refractivity contribution in [3.05, 3.63) is 108 Å². The summed E-state index contributed by atoms with van der Waals surface area (Å²) in [6.45, 7) is 7.49. The fraction of sp³-hybridized carbons (Fsp3) is 0.357. The summed E-state index contributed by atoms with van der Waals surface area (Å²) in [5, 5.41) is 14.8. The molecule has 0 saturated heterocycles. The normalized spacial score (nSPS) is 13.5. The highest BCUT2D eigenvalue weighted by molar-refractivity contribution is 5.20. The molecule has 2 atom stereocenters. The van der Waals surface area contributed by atoms with E-state index < -0.39 is 6.10 Å². The van der Waals surface area contributed by atoms with Gasteiger partial charge < -0.3 is 10.4 Å². The summed E-state index contributed by atoms with van der Waals surface area (Å²) in [5.74, 6) is 0.560. The third kappa shape index (κ3) is 7.95. The molecule has 3 rings (SSSR count). The molecule has 0 radical (unpaired) electrons. The Balaban J connectivity index is 1.85. The maximum Gasteiger partial charge on any atom is 0.0822 e. The molecular formula is C28H36N2O. The van der Waals surface area contributed by atoms with Crippen LogP contribution in [0.25, 0.3) is 0 Å². The van der Waals surface area contributed by atoms with Crippen LogP contribution in [0.1, 0.15) is 30.5 Å². The van der Waals surface area contributed by atoms with E-state index in [2.05, 4.69) is 109 Å². The first-order valence-electron chi connectivity index (χ1n) is 11.4. The predicted molar refractivity (Wildman–Crippen MR) is 130 cm³/mol. The Morgan fingerprint density at radius 1 is 0.677 bits per heavy atom. The molecule has 0 fully saturated rings. The standard InChI is InChI=1S/C28H36N2O/c1-23(2)19-29-20-28(31)27(18-24-12-6-3-7-13-24)30(21-25-14-8-4-9-15-25)22-26-16-10-5-11-17-26/h3-17,23,27-29,31H,18-22H2,1-2H3/t27-,28-/m0/s1. The molecule has 3 aromatic carbocycles. The first-order chi connectivity index (χ1) is 15.1. The average molecular weight is 417 g/mol. The van der Waals surface area contributed by atoms with Gasteiger partial charge in [-0.25, -0.2) is 0 Å². The summed E-state index contributed by atoms with van der Waals surface area (Å²) in [6, 6.07) is 31.6. The van der Waals surface area contributed by atoms with Crippen molar-refractivity contribution in [1.82, 2.24) is 10.2 Å². The second kappa shape index (κ2) is 12.4. The van der Waals surface area contributed by atoms with E-state index in [0.717, 1.165) is 26.1 Å². The Morgan fingerprint density at radius 3 is 1.58 bits per heavy atom. The molecule has 0 aliphatic carbocycles. The Kier molecular flexibility index (Phi) is 9.29. The van der Waals surface area contributed by atoms with Crippen LogP contribution in [-0.2, 0) is 19.5 Å². The van der Waals surface area contributed by atoms with Crippen molar-refractivity contribution >= 4 is 0 Å². The second-order valence-electron chi connectivity index (χ2n) is 8.75. The number of nitrogens with one attached hydrogen (secondary N) is 1. The molecule has 0 saturated carbocycles. The van der Waals surface area contributed by atoms with E-state index in [4.69, 9.17) is 0 Å². The first kappa shape index (κ1) is 23.2. The van der Waals surface area contributed by atoms with Gasteiger partial charge in [0.1, 0.15) is 0 Å². The summed E-state index contributed by atoms with van der Waals surface area (Å²) in [4.78, 5) is 2.43. The Labute approximate surface area is 187 Å². The number of aliphatic hydroxyl groups excluding tert-OH is 1. The monoisotopic (exact) mass is 416 g/mol. The maximum atomic E-state index is 11.3. The van der Waals surface area contributed by atoms with Crippen LogP contribution in [0.4, 0.5) is 0 Å². The number of rotatable bonds is 12. The minimum Gasteiger partial charge on any atom is -0.390 e. The minimum atomic E-state index is -0.466. The second-order valence-corrected chi connectivity index (χ2v) is 8.75. The van der Waals surface area contributed by atoms with Crippen molar-refractivity contribution in [1.29, 1.82) is 0 Å². The fourth-order valence-corrected chi connectivity index (χ4v) is 3.95. The van der Waals surface area contributed by atoms with Gasteiger partial charge in [-0.1, -0.05) is 105 Å². The molecule has 31 heavy (non-hydrogen) atoms. The molecule has 0 unspecified atom stereocenters. The molecule has 0 spiro atoms. The number of benzene rings is 3. The smallest absolute Gasteiger partial charge is 0.0822 e. The summed E-state index contributed by atoms with van der Waals surface area (Å²) in [6.07, 6.45) is 0.344. The Hall–Kier alpha value is -2.46. The lowest BCUT2D eigenvalue weighted by atomic mass is 9.97. The third-order valence-corrected chi connectivity index (χ3v) is 5.56. The molecule has 3 nitrogen and oxygen atoms in total. The van der Waals surface area contributed by atoms with E-state index in [1.165, 1.54) is 16.7 Å². The number of aliphatic hydroxyl groups is 1. The van der Waals surface area contributed by atoms with Gasteiger partial charge in [0, 0.05) is 25.7 Å². The molecule has 0 aliphatic heterocycles. The quantitative estimate of drug-likeness (QED) is 0.440. The van der Waals surface area contributed by atoms with Crippen LogP contribution in [0, 0.1) is 5.92 Å². The van der Waals surface area contributed by atoms with Gasteiger partial charge in [-0.05, 0) is 35.6 Å². The molecule has 0 bridgehead atoms. The molecule has 164 valence electrons. The summed E-state index contributed by atoms with van der Waals surface area (Å²) in [5.41, 5.74) is 3.78. The zero-order chi connectivity index (χ0) is 21.9. The van der Waals surface area contributed by atoms with Gasteiger partial charge in [-0.3, -0.25) is 4.90 Å². The van der Waals surface area contributed by atoms with Crippen molar-refractivity contribution in [2.45, 2.75) is 45.5 Å². The average Bonchev–Trinajstić information content (AvgIpc) is 2.79. The van der Waals surface area contributed by atoms with E-state index in [0.29, 0.717) is 12.5 Å². The number of nitrogens with zero attached hydrogens (tertiary/aromatic N) is 1. The van der Waals surface area contributed by atoms with Gasteiger partial charge >= 0.3 is 0 Å². The van der Waals surface area contributed by atoms with Gasteiger partial charge in [0.2, 0.25) is 0 Å². The van der Waals surface area contributed by atoms with Crippen molar-refractivity contribution < 1.29 is 5.11 Å². The molecule has 3 heteroatoms. The van der Waals surface area contributed by atoms with Gasteiger partial charge in [0.25, 0.3) is 0 Å². The fourth-order valence-electron chi connectivity index (χ4n) is 3.95. The maximum absolute atomic E-state index is 11.3. The van der Waals surface area contributed by atoms with Crippen LogP contribution in [-0.4, -0.2) is 35.2 Å². The zero-order valence-electron chi connectivity index (χ0n) is 18.8. The zero-order valence-corrected chi connectivity index (χ0v) is 18.8. The molecule has 0 aromatic heterocycles. The molecular weight excluding hydrogens is 380 g/mol. The van der Waals surface area contributed by atoms with Crippen molar-refractivity contribution in [2.75, 3.05) is 13.1 Å². The van der Waals surface area contributed by atoms with Crippen LogP contribution in [0.3, 0.4) is 0 Å². The van der Waals surface area contributed by atoms with Gasteiger partial charge in [0.15, 0.2) is 0 Å². The van der Waals surface area contributed by atoms with Crippen LogP contribution < -0.4 is 5.32 Å².